The molecule has 2 heterocycles. The van der Waals surface area contributed by atoms with E-state index in [1.54, 1.807) is 0 Å². The highest BCUT2D eigenvalue weighted by Gasteiger charge is 2.27. The molecule has 0 aliphatic carbocycles. The summed E-state index contributed by atoms with van der Waals surface area (Å²) < 4.78 is 5.91. The molecule has 0 saturated carbocycles. The first kappa shape index (κ1) is 15.1. The molecule has 3 rings (SSSR count). The van der Waals surface area contributed by atoms with Crippen molar-refractivity contribution >= 4 is 16.9 Å². The number of hydrogen-bond acceptors (Lipinski definition) is 4. The molecule has 1 aliphatic heterocycles. The zero-order valence-electron chi connectivity index (χ0n) is 13.4. The van der Waals surface area contributed by atoms with Gasteiger partial charge in [-0.15, -0.1) is 0 Å². The number of benzene rings is 1. The second-order valence-corrected chi connectivity index (χ2v) is 6.25. The lowest BCUT2D eigenvalue weighted by molar-refractivity contribution is 0.0677. The number of carbonyl (C=O) groups excluding carboxylic acids is 1. The Balaban J connectivity index is 1.99. The van der Waals surface area contributed by atoms with Crippen molar-refractivity contribution in [1.82, 2.24) is 15.1 Å². The van der Waals surface area contributed by atoms with E-state index in [1.807, 2.05) is 43.3 Å². The highest BCUT2D eigenvalue weighted by atomic mass is 16.3. The molecule has 0 unspecified atom stereocenters. The van der Waals surface area contributed by atoms with Crippen LogP contribution >= 0.6 is 0 Å². The molecule has 1 atom stereocenters. The Morgan fingerprint density at radius 2 is 2.18 bits per heavy atom. The molecule has 1 aliphatic rings. The third kappa shape index (κ3) is 2.87. The van der Waals surface area contributed by atoms with Gasteiger partial charge in [-0.3, -0.25) is 4.79 Å². The van der Waals surface area contributed by atoms with Crippen LogP contribution in [0.1, 0.15) is 23.0 Å². The quantitative estimate of drug-likeness (QED) is 0.941. The number of piperazine rings is 1. The van der Waals surface area contributed by atoms with Crippen LogP contribution in [0.15, 0.2) is 28.7 Å². The Bertz CT molecular complexity index is 678. The molecule has 0 bridgehead atoms. The lowest BCUT2D eigenvalue weighted by Crippen LogP contribution is -2.51. The van der Waals surface area contributed by atoms with Crippen molar-refractivity contribution in [2.75, 3.05) is 33.7 Å². The van der Waals surface area contributed by atoms with Crippen molar-refractivity contribution in [2.24, 2.45) is 0 Å². The van der Waals surface area contributed by atoms with E-state index >= 15 is 0 Å². The number of fused-ring (bicyclic) bond motifs is 1. The Hall–Kier alpha value is -1.85. The minimum Gasteiger partial charge on any atom is -0.451 e. The zero-order chi connectivity index (χ0) is 15.7. The molecule has 5 heteroatoms. The van der Waals surface area contributed by atoms with Gasteiger partial charge in [-0.05, 0) is 27.1 Å². The van der Waals surface area contributed by atoms with Crippen molar-refractivity contribution < 1.29 is 9.21 Å². The van der Waals surface area contributed by atoms with Crippen molar-refractivity contribution in [3.63, 3.8) is 0 Å². The summed E-state index contributed by atoms with van der Waals surface area (Å²) in [6.45, 7) is 5.06. The Morgan fingerprint density at radius 1 is 1.41 bits per heavy atom. The molecule has 0 spiro atoms. The molecule has 5 nitrogen and oxygen atoms in total. The van der Waals surface area contributed by atoms with Crippen LogP contribution in [0.2, 0.25) is 0 Å². The summed E-state index contributed by atoms with van der Waals surface area (Å²) in [5.74, 6) is 0.491. The van der Waals surface area contributed by atoms with Crippen molar-refractivity contribution in [3.8, 4) is 0 Å². The number of nitrogens with zero attached hydrogens (tertiary/aromatic N) is 2. The summed E-state index contributed by atoms with van der Waals surface area (Å²) in [6, 6.07) is 8.19. The summed E-state index contributed by atoms with van der Waals surface area (Å²) in [7, 11) is 4.01. The number of furan rings is 1. The molecule has 1 amide bonds. The third-order valence-corrected chi connectivity index (χ3v) is 4.02. The lowest BCUT2D eigenvalue weighted by Gasteiger charge is -2.31. The molecule has 118 valence electrons. The molecular weight excluding hydrogens is 278 g/mol. The van der Waals surface area contributed by atoms with Crippen LogP contribution in [0.4, 0.5) is 0 Å². The van der Waals surface area contributed by atoms with Crippen LogP contribution in [-0.2, 0) is 6.54 Å². The van der Waals surface area contributed by atoms with Crippen LogP contribution in [0.3, 0.4) is 0 Å². The maximum Gasteiger partial charge on any atom is 0.290 e. The Morgan fingerprint density at radius 3 is 2.91 bits per heavy atom. The summed E-state index contributed by atoms with van der Waals surface area (Å²) in [5.41, 5.74) is 1.77. The van der Waals surface area contributed by atoms with Crippen LogP contribution in [-0.4, -0.2) is 55.5 Å². The van der Waals surface area contributed by atoms with E-state index in [2.05, 4.69) is 17.1 Å². The predicted molar refractivity (Wildman–Crippen MR) is 87.0 cm³/mol. The highest BCUT2D eigenvalue weighted by molar-refractivity contribution is 5.99. The highest BCUT2D eigenvalue weighted by Crippen LogP contribution is 2.28. The van der Waals surface area contributed by atoms with E-state index in [0.717, 1.165) is 36.2 Å². The van der Waals surface area contributed by atoms with Gasteiger partial charge in [-0.25, -0.2) is 0 Å². The number of rotatable bonds is 3. The average Bonchev–Trinajstić information content (AvgIpc) is 2.85. The number of para-hydroxylation sites is 1. The molecule has 0 radical (unpaired) electrons. The fourth-order valence-electron chi connectivity index (χ4n) is 3.01. The van der Waals surface area contributed by atoms with Gasteiger partial charge in [0.15, 0.2) is 5.76 Å². The minimum atomic E-state index is 0.00130. The first-order valence-electron chi connectivity index (χ1n) is 7.74. The number of carbonyl (C=O) groups is 1. The second-order valence-electron chi connectivity index (χ2n) is 6.25. The van der Waals surface area contributed by atoms with Gasteiger partial charge in [0.2, 0.25) is 0 Å². The Kier molecular flexibility index (Phi) is 4.18. The first-order chi connectivity index (χ1) is 10.6. The van der Waals surface area contributed by atoms with Gasteiger partial charge in [0.1, 0.15) is 5.58 Å². The standard InChI is InChI=1S/C17H23N3O2/c1-12-10-20(9-8-18-12)17(21)16-14(11-19(2)3)13-6-4-5-7-15(13)22-16/h4-7,12,18H,8-11H2,1-3H3/t12-/m0/s1. The maximum atomic E-state index is 12.9. The average molecular weight is 301 g/mol. The van der Waals surface area contributed by atoms with E-state index in [1.165, 1.54) is 0 Å². The zero-order valence-corrected chi connectivity index (χ0v) is 13.4. The van der Waals surface area contributed by atoms with E-state index in [0.29, 0.717) is 18.3 Å². The van der Waals surface area contributed by atoms with E-state index in [4.69, 9.17) is 4.42 Å². The fourth-order valence-corrected chi connectivity index (χ4v) is 3.01. The summed E-state index contributed by atoms with van der Waals surface area (Å²) in [4.78, 5) is 16.9. The van der Waals surface area contributed by atoms with E-state index < -0.39 is 0 Å². The molecule has 1 aromatic heterocycles. The second kappa shape index (κ2) is 6.10. The van der Waals surface area contributed by atoms with Gasteiger partial charge >= 0.3 is 0 Å². The SMILES string of the molecule is C[C@H]1CN(C(=O)c2oc3ccccc3c2CN(C)C)CCN1. The van der Waals surface area contributed by atoms with Crippen LogP contribution < -0.4 is 5.32 Å². The molecule has 1 N–H and O–H groups in total. The molecule has 2 aromatic rings. The van der Waals surface area contributed by atoms with Crippen LogP contribution in [0, 0.1) is 0 Å². The van der Waals surface area contributed by atoms with Crippen LogP contribution in [0.25, 0.3) is 11.0 Å². The molecule has 1 saturated heterocycles. The van der Waals surface area contributed by atoms with Crippen molar-refractivity contribution in [3.05, 3.63) is 35.6 Å². The smallest absolute Gasteiger partial charge is 0.290 e. The van der Waals surface area contributed by atoms with E-state index in [-0.39, 0.29) is 5.91 Å². The number of amides is 1. The minimum absolute atomic E-state index is 0.00130. The van der Waals surface area contributed by atoms with Gasteiger partial charge in [-0.1, -0.05) is 18.2 Å². The molecule has 1 fully saturated rings. The van der Waals surface area contributed by atoms with Gasteiger partial charge in [0.25, 0.3) is 5.91 Å². The van der Waals surface area contributed by atoms with Crippen molar-refractivity contribution in [1.29, 1.82) is 0 Å². The predicted octanol–water partition coefficient (Wildman–Crippen LogP) is 1.93. The normalized spacial score (nSPS) is 19.1. The van der Waals surface area contributed by atoms with Gasteiger partial charge in [-0.2, -0.15) is 0 Å². The monoisotopic (exact) mass is 301 g/mol. The van der Waals surface area contributed by atoms with E-state index in [9.17, 15) is 4.79 Å². The van der Waals surface area contributed by atoms with Crippen molar-refractivity contribution in [2.45, 2.75) is 19.5 Å². The maximum absolute atomic E-state index is 12.9. The van der Waals surface area contributed by atoms with Gasteiger partial charge in [0.05, 0.1) is 0 Å². The molecule has 22 heavy (non-hydrogen) atoms. The van der Waals surface area contributed by atoms with Crippen LogP contribution in [0.5, 0.6) is 0 Å². The molecular formula is C17H23N3O2. The number of nitrogens with one attached hydrogen (secondary N) is 1. The fraction of sp³-hybridized carbons (Fsp3) is 0.471. The van der Waals surface area contributed by atoms with Gasteiger partial charge < -0.3 is 19.5 Å². The summed E-state index contributed by atoms with van der Waals surface area (Å²) in [5, 5.41) is 4.39. The first-order valence-corrected chi connectivity index (χ1v) is 7.74. The largest absolute Gasteiger partial charge is 0.451 e. The Labute approximate surface area is 130 Å². The van der Waals surface area contributed by atoms with Gasteiger partial charge in [0, 0.05) is 43.2 Å². The lowest BCUT2D eigenvalue weighted by atomic mass is 10.1. The molecule has 1 aromatic carbocycles. The third-order valence-electron chi connectivity index (χ3n) is 4.02. The topological polar surface area (TPSA) is 48.7 Å². The number of hydrogen-bond donors (Lipinski definition) is 1. The summed E-state index contributed by atoms with van der Waals surface area (Å²) >= 11 is 0. The summed E-state index contributed by atoms with van der Waals surface area (Å²) in [6.07, 6.45) is 0.